The topological polar surface area (TPSA) is 62.7 Å². The minimum Gasteiger partial charge on any atom is -0.497 e. The number of aryl methyl sites for hydroxylation is 1. The third-order valence-corrected chi connectivity index (χ3v) is 7.42. The number of ether oxygens (including phenoxy) is 1. The van der Waals surface area contributed by atoms with Crippen LogP contribution in [-0.4, -0.2) is 41.7 Å². The lowest BCUT2D eigenvalue weighted by Gasteiger charge is -2.23. The summed E-state index contributed by atoms with van der Waals surface area (Å²) in [6.07, 6.45) is 0.860. The summed E-state index contributed by atoms with van der Waals surface area (Å²) in [4.78, 5) is 21.8. The Labute approximate surface area is 197 Å². The number of hydrogen-bond donors (Lipinski definition) is 1. The second kappa shape index (κ2) is 8.61. The fraction of sp³-hybridized carbons (Fsp3) is 0.259. The van der Waals surface area contributed by atoms with Gasteiger partial charge in [-0.25, -0.2) is 4.98 Å². The van der Waals surface area contributed by atoms with Gasteiger partial charge in [0.25, 0.3) is 0 Å². The number of aromatic nitrogens is 1. The Kier molecular flexibility index (Phi) is 5.64. The Morgan fingerprint density at radius 3 is 2.48 bits per heavy atom. The fourth-order valence-corrected chi connectivity index (χ4v) is 5.95. The van der Waals surface area contributed by atoms with E-state index in [1.165, 1.54) is 16.0 Å². The molecule has 0 radical (unpaired) electrons. The van der Waals surface area contributed by atoms with E-state index in [0.29, 0.717) is 0 Å². The van der Waals surface area contributed by atoms with Crippen molar-refractivity contribution in [3.63, 3.8) is 0 Å². The molecule has 0 spiro atoms. The molecule has 0 fully saturated rings. The predicted octanol–water partition coefficient (Wildman–Crippen LogP) is 5.56. The van der Waals surface area contributed by atoms with Crippen LogP contribution in [0.2, 0.25) is 0 Å². The summed E-state index contributed by atoms with van der Waals surface area (Å²) in [6.45, 7) is 3.95. The second-order valence-corrected chi connectivity index (χ2v) is 9.73. The Hall–Kier alpha value is -3.22. The maximum absolute atomic E-state index is 12.0. The molecule has 168 valence electrons. The van der Waals surface area contributed by atoms with Crippen LogP contribution in [-0.2, 0) is 24.2 Å². The van der Waals surface area contributed by atoms with Crippen molar-refractivity contribution in [3.8, 4) is 28.1 Å². The first-order valence-electron chi connectivity index (χ1n) is 11.0. The van der Waals surface area contributed by atoms with E-state index in [0.717, 1.165) is 63.4 Å². The van der Waals surface area contributed by atoms with E-state index in [4.69, 9.17) is 9.72 Å². The lowest BCUT2D eigenvalue weighted by molar-refractivity contribution is -0.136. The third-order valence-electron chi connectivity index (χ3n) is 6.31. The van der Waals surface area contributed by atoms with Crippen molar-refractivity contribution < 1.29 is 14.6 Å². The van der Waals surface area contributed by atoms with E-state index in [-0.39, 0.29) is 6.42 Å². The van der Waals surface area contributed by atoms with Crippen molar-refractivity contribution >= 4 is 27.5 Å². The standard InChI is InChI=1S/C27H26N2O3S/c1-16-4-6-17(7-5-16)24-21(14-23(30)31)26(18-8-10-19(32-3)11-9-18)28-27-25(24)20-12-13-29(2)15-22(20)33-27/h4-11H,12-15H2,1-3H3,(H,30,31). The SMILES string of the molecule is COc1ccc(-c2nc3sc4c(c3c(-c3ccc(C)cc3)c2CC(=O)O)CCN(C)C4)cc1. The molecule has 1 aliphatic heterocycles. The maximum Gasteiger partial charge on any atom is 0.307 e. The zero-order chi connectivity index (χ0) is 23.1. The van der Waals surface area contributed by atoms with Gasteiger partial charge < -0.3 is 14.7 Å². The van der Waals surface area contributed by atoms with E-state index in [1.807, 2.05) is 24.3 Å². The molecule has 6 heteroatoms. The highest BCUT2D eigenvalue weighted by molar-refractivity contribution is 7.19. The van der Waals surface area contributed by atoms with Crippen LogP contribution in [0.15, 0.2) is 48.5 Å². The molecule has 0 aliphatic carbocycles. The van der Waals surface area contributed by atoms with Gasteiger partial charge in [-0.2, -0.15) is 0 Å². The molecule has 2 aromatic carbocycles. The van der Waals surface area contributed by atoms with Gasteiger partial charge in [0.05, 0.1) is 19.2 Å². The molecule has 1 aliphatic rings. The van der Waals surface area contributed by atoms with Gasteiger partial charge in [-0.3, -0.25) is 4.79 Å². The van der Waals surface area contributed by atoms with Gasteiger partial charge in [0.15, 0.2) is 0 Å². The van der Waals surface area contributed by atoms with Gasteiger partial charge in [-0.15, -0.1) is 11.3 Å². The number of likely N-dealkylation sites (N-methyl/N-ethyl adjacent to an activating group) is 1. The molecule has 0 saturated heterocycles. The molecule has 0 amide bonds. The summed E-state index contributed by atoms with van der Waals surface area (Å²) in [6, 6.07) is 16.1. The van der Waals surface area contributed by atoms with E-state index in [2.05, 4.69) is 43.1 Å². The number of fused-ring (bicyclic) bond motifs is 3. The highest BCUT2D eigenvalue weighted by atomic mass is 32.1. The molecular weight excluding hydrogens is 432 g/mol. The molecule has 0 bridgehead atoms. The molecule has 0 unspecified atom stereocenters. The van der Waals surface area contributed by atoms with Crippen LogP contribution in [0.4, 0.5) is 0 Å². The van der Waals surface area contributed by atoms with Gasteiger partial charge in [0.1, 0.15) is 10.6 Å². The lowest BCUT2D eigenvalue weighted by Crippen LogP contribution is -2.25. The van der Waals surface area contributed by atoms with Gasteiger partial charge in [-0.05, 0) is 66.9 Å². The number of nitrogens with zero attached hydrogens (tertiary/aromatic N) is 2. The first-order valence-corrected chi connectivity index (χ1v) is 11.8. The minimum absolute atomic E-state index is 0.0853. The van der Waals surface area contributed by atoms with Crippen LogP contribution in [0.5, 0.6) is 5.75 Å². The molecule has 5 rings (SSSR count). The predicted molar refractivity (Wildman–Crippen MR) is 133 cm³/mol. The second-order valence-electron chi connectivity index (χ2n) is 8.65. The number of aliphatic carboxylic acids is 1. The maximum atomic E-state index is 12.0. The number of carboxylic acids is 1. The zero-order valence-electron chi connectivity index (χ0n) is 19.0. The number of carbonyl (C=O) groups is 1. The average Bonchev–Trinajstić information content (AvgIpc) is 3.16. The van der Waals surface area contributed by atoms with E-state index in [9.17, 15) is 9.90 Å². The summed E-state index contributed by atoms with van der Waals surface area (Å²) < 4.78 is 5.32. The summed E-state index contributed by atoms with van der Waals surface area (Å²) in [5.41, 5.74) is 6.94. The Balaban J connectivity index is 1.86. The molecule has 1 N–H and O–H groups in total. The number of rotatable bonds is 5. The number of pyridine rings is 1. The molecule has 33 heavy (non-hydrogen) atoms. The van der Waals surface area contributed by atoms with Crippen LogP contribution in [0.1, 0.15) is 21.6 Å². The van der Waals surface area contributed by atoms with Crippen molar-refractivity contribution in [1.29, 1.82) is 0 Å². The summed E-state index contributed by atoms with van der Waals surface area (Å²) in [5, 5.41) is 11.0. The first kappa shape index (κ1) is 21.6. The van der Waals surface area contributed by atoms with E-state index in [1.54, 1.807) is 18.4 Å². The largest absolute Gasteiger partial charge is 0.497 e. The molecule has 2 aromatic heterocycles. The van der Waals surface area contributed by atoms with E-state index < -0.39 is 5.97 Å². The number of benzene rings is 2. The van der Waals surface area contributed by atoms with Gasteiger partial charge in [-0.1, -0.05) is 29.8 Å². The van der Waals surface area contributed by atoms with Crippen molar-refractivity contribution in [1.82, 2.24) is 9.88 Å². The van der Waals surface area contributed by atoms with Gasteiger partial charge >= 0.3 is 5.97 Å². The van der Waals surface area contributed by atoms with Gasteiger partial charge in [0.2, 0.25) is 0 Å². The highest BCUT2D eigenvalue weighted by Gasteiger charge is 2.27. The minimum atomic E-state index is -0.858. The smallest absolute Gasteiger partial charge is 0.307 e. The number of carboxylic acid groups (broad SMARTS) is 1. The Morgan fingerprint density at radius 1 is 1.12 bits per heavy atom. The molecule has 0 atom stereocenters. The fourth-order valence-electron chi connectivity index (χ4n) is 4.64. The van der Waals surface area contributed by atoms with Crippen molar-refractivity contribution in [2.24, 2.45) is 0 Å². The lowest BCUT2D eigenvalue weighted by atomic mass is 9.89. The molecule has 0 saturated carbocycles. The normalized spacial score (nSPS) is 13.8. The monoisotopic (exact) mass is 458 g/mol. The van der Waals surface area contributed by atoms with Crippen LogP contribution >= 0.6 is 11.3 Å². The van der Waals surface area contributed by atoms with Crippen LogP contribution in [0.3, 0.4) is 0 Å². The van der Waals surface area contributed by atoms with E-state index >= 15 is 0 Å². The quantitative estimate of drug-likeness (QED) is 0.424. The van der Waals surface area contributed by atoms with Crippen LogP contribution < -0.4 is 4.74 Å². The molecular formula is C27H26N2O3S. The van der Waals surface area contributed by atoms with Crippen molar-refractivity contribution in [2.45, 2.75) is 26.3 Å². The molecule has 4 aromatic rings. The third kappa shape index (κ3) is 4.01. The Bertz CT molecular complexity index is 1340. The average molecular weight is 459 g/mol. The summed E-state index contributed by atoms with van der Waals surface area (Å²) in [7, 11) is 3.78. The molecule has 5 nitrogen and oxygen atoms in total. The Morgan fingerprint density at radius 2 is 1.82 bits per heavy atom. The highest BCUT2D eigenvalue weighted by Crippen LogP contribution is 2.44. The first-order chi connectivity index (χ1) is 15.9. The summed E-state index contributed by atoms with van der Waals surface area (Å²) in [5.74, 6) is -0.101. The van der Waals surface area contributed by atoms with Gasteiger partial charge in [0, 0.05) is 28.9 Å². The van der Waals surface area contributed by atoms with Crippen molar-refractivity contribution in [2.75, 3.05) is 20.7 Å². The van der Waals surface area contributed by atoms with Crippen LogP contribution in [0.25, 0.3) is 32.6 Å². The zero-order valence-corrected chi connectivity index (χ0v) is 19.8. The number of hydrogen-bond acceptors (Lipinski definition) is 5. The number of methoxy groups -OCH3 is 1. The van der Waals surface area contributed by atoms with Crippen molar-refractivity contribution in [3.05, 3.63) is 70.1 Å². The van der Waals surface area contributed by atoms with Crippen LogP contribution in [0, 0.1) is 6.92 Å². The summed E-state index contributed by atoms with van der Waals surface area (Å²) >= 11 is 1.73. The molecule has 3 heterocycles. The number of thiophene rings is 1.